The topological polar surface area (TPSA) is 93.2 Å². The lowest BCUT2D eigenvalue weighted by Gasteiger charge is -2.09. The Morgan fingerprint density at radius 2 is 1.75 bits per heavy atom. The molecular formula is C21H20N4O3. The van der Waals surface area contributed by atoms with Crippen LogP contribution in [0, 0.1) is 13.8 Å². The average Bonchev–Trinajstić information content (AvgIpc) is 2.70. The van der Waals surface area contributed by atoms with Crippen molar-refractivity contribution in [1.29, 1.82) is 0 Å². The summed E-state index contributed by atoms with van der Waals surface area (Å²) in [6.45, 7) is 4.07. The Hall–Kier alpha value is -3.74. The van der Waals surface area contributed by atoms with Gasteiger partial charge in [-0.2, -0.15) is 0 Å². The molecule has 0 bridgehead atoms. The van der Waals surface area contributed by atoms with Crippen molar-refractivity contribution in [3.05, 3.63) is 77.2 Å². The summed E-state index contributed by atoms with van der Waals surface area (Å²) in [7, 11) is 1.30. The number of hydrogen-bond donors (Lipinski definition) is 2. The van der Waals surface area contributed by atoms with Crippen LogP contribution >= 0.6 is 0 Å². The molecule has 0 aliphatic rings. The normalized spacial score (nSPS) is 10.2. The Kier molecular flexibility index (Phi) is 5.64. The molecule has 0 fully saturated rings. The quantitative estimate of drug-likeness (QED) is 0.657. The van der Waals surface area contributed by atoms with Crippen LogP contribution in [0.2, 0.25) is 0 Å². The van der Waals surface area contributed by atoms with Gasteiger partial charge in [-0.05, 0) is 55.3 Å². The van der Waals surface area contributed by atoms with Crippen molar-refractivity contribution >= 4 is 29.1 Å². The molecule has 7 nitrogen and oxygen atoms in total. The number of anilines is 3. The molecule has 1 aromatic heterocycles. The highest BCUT2D eigenvalue weighted by molar-refractivity contribution is 6.04. The molecule has 3 aromatic rings. The summed E-state index contributed by atoms with van der Waals surface area (Å²) in [5, 5.41) is 5.89. The summed E-state index contributed by atoms with van der Waals surface area (Å²) in [5.41, 5.74) is 4.24. The van der Waals surface area contributed by atoms with Crippen molar-refractivity contribution in [3.8, 4) is 0 Å². The van der Waals surface area contributed by atoms with Gasteiger partial charge in [0, 0.05) is 17.4 Å². The van der Waals surface area contributed by atoms with Crippen LogP contribution in [0.5, 0.6) is 0 Å². The third-order valence-corrected chi connectivity index (χ3v) is 4.22. The van der Waals surface area contributed by atoms with Gasteiger partial charge >= 0.3 is 5.97 Å². The lowest BCUT2D eigenvalue weighted by molar-refractivity contribution is 0.0600. The molecule has 0 aliphatic carbocycles. The number of nitrogens with one attached hydrogen (secondary N) is 2. The van der Waals surface area contributed by atoms with Crippen molar-refractivity contribution in [2.24, 2.45) is 0 Å². The molecule has 1 amide bonds. The van der Waals surface area contributed by atoms with E-state index in [1.165, 1.54) is 19.0 Å². The molecule has 0 spiro atoms. The Labute approximate surface area is 162 Å². The number of carbonyl (C=O) groups is 2. The van der Waals surface area contributed by atoms with E-state index in [4.69, 9.17) is 0 Å². The van der Waals surface area contributed by atoms with E-state index in [1.54, 1.807) is 30.3 Å². The van der Waals surface area contributed by atoms with Gasteiger partial charge in [0.15, 0.2) is 0 Å². The lowest BCUT2D eigenvalue weighted by atomic mass is 10.1. The zero-order valence-electron chi connectivity index (χ0n) is 15.8. The van der Waals surface area contributed by atoms with Gasteiger partial charge in [0.1, 0.15) is 17.8 Å². The fourth-order valence-corrected chi connectivity index (χ4v) is 2.55. The first-order valence-corrected chi connectivity index (χ1v) is 8.62. The van der Waals surface area contributed by atoms with Gasteiger partial charge in [-0.15, -0.1) is 0 Å². The lowest BCUT2D eigenvalue weighted by Crippen LogP contribution is -2.15. The molecule has 142 valence electrons. The standard InChI is InChI=1S/C21H20N4O3/c1-13-7-8-17(9-14(13)2)24-19-11-18(22-12-23-19)20(26)25-16-6-4-5-15(10-16)21(27)28-3/h4-12H,1-3H3,(H,25,26)(H,22,23,24). The largest absolute Gasteiger partial charge is 0.465 e. The summed E-state index contributed by atoms with van der Waals surface area (Å²) in [5.74, 6) is -0.378. The molecule has 0 atom stereocenters. The maximum Gasteiger partial charge on any atom is 0.337 e. The predicted molar refractivity (Wildman–Crippen MR) is 107 cm³/mol. The first kappa shape index (κ1) is 19.0. The highest BCUT2D eigenvalue weighted by Crippen LogP contribution is 2.19. The smallest absolute Gasteiger partial charge is 0.337 e. The molecule has 2 N–H and O–H groups in total. The van der Waals surface area contributed by atoms with Gasteiger partial charge in [0.25, 0.3) is 5.91 Å². The molecule has 0 saturated carbocycles. The number of aromatic nitrogens is 2. The van der Waals surface area contributed by atoms with Crippen molar-refractivity contribution in [1.82, 2.24) is 9.97 Å². The minimum atomic E-state index is -0.474. The van der Waals surface area contributed by atoms with E-state index < -0.39 is 11.9 Å². The molecule has 28 heavy (non-hydrogen) atoms. The number of ether oxygens (including phenoxy) is 1. The summed E-state index contributed by atoms with van der Waals surface area (Å²) in [4.78, 5) is 32.3. The van der Waals surface area contributed by atoms with Crippen LogP contribution in [0.4, 0.5) is 17.2 Å². The van der Waals surface area contributed by atoms with E-state index in [2.05, 4.69) is 25.3 Å². The van der Waals surface area contributed by atoms with Crippen LogP contribution in [0.1, 0.15) is 32.0 Å². The van der Waals surface area contributed by atoms with Crippen molar-refractivity contribution < 1.29 is 14.3 Å². The molecular weight excluding hydrogens is 356 g/mol. The minimum absolute atomic E-state index is 0.199. The van der Waals surface area contributed by atoms with Gasteiger partial charge in [0.05, 0.1) is 12.7 Å². The SMILES string of the molecule is COC(=O)c1cccc(NC(=O)c2cc(Nc3ccc(C)c(C)c3)ncn2)c1. The van der Waals surface area contributed by atoms with E-state index in [0.29, 0.717) is 17.1 Å². The van der Waals surface area contributed by atoms with Gasteiger partial charge in [-0.1, -0.05) is 12.1 Å². The fourth-order valence-electron chi connectivity index (χ4n) is 2.55. The van der Waals surface area contributed by atoms with Crippen molar-refractivity contribution in [2.45, 2.75) is 13.8 Å². The minimum Gasteiger partial charge on any atom is -0.465 e. The number of rotatable bonds is 5. The fraction of sp³-hybridized carbons (Fsp3) is 0.143. The summed E-state index contributed by atoms with van der Waals surface area (Å²) >= 11 is 0. The molecule has 0 aliphatic heterocycles. The van der Waals surface area contributed by atoms with Gasteiger partial charge in [0.2, 0.25) is 0 Å². The number of benzene rings is 2. The van der Waals surface area contributed by atoms with Crippen LogP contribution in [0.25, 0.3) is 0 Å². The summed E-state index contributed by atoms with van der Waals surface area (Å²) in [6.07, 6.45) is 1.32. The summed E-state index contributed by atoms with van der Waals surface area (Å²) in [6, 6.07) is 14.0. The number of esters is 1. The maximum absolute atomic E-state index is 12.5. The highest BCUT2D eigenvalue weighted by Gasteiger charge is 2.12. The maximum atomic E-state index is 12.5. The molecule has 0 radical (unpaired) electrons. The van der Waals surface area contributed by atoms with Gasteiger partial charge < -0.3 is 15.4 Å². The molecule has 1 heterocycles. The van der Waals surface area contributed by atoms with Crippen molar-refractivity contribution in [3.63, 3.8) is 0 Å². The van der Waals surface area contributed by atoms with E-state index in [-0.39, 0.29) is 5.69 Å². The molecule has 3 rings (SSSR count). The van der Waals surface area contributed by atoms with E-state index in [1.807, 2.05) is 32.0 Å². The Morgan fingerprint density at radius 3 is 2.50 bits per heavy atom. The Balaban J connectivity index is 1.75. The molecule has 2 aromatic carbocycles. The predicted octanol–water partition coefficient (Wildman–Crippen LogP) is 3.88. The zero-order valence-corrected chi connectivity index (χ0v) is 15.8. The number of hydrogen-bond acceptors (Lipinski definition) is 6. The number of methoxy groups -OCH3 is 1. The van der Waals surface area contributed by atoms with E-state index in [0.717, 1.165) is 11.3 Å². The second-order valence-electron chi connectivity index (χ2n) is 6.24. The number of aryl methyl sites for hydroxylation is 2. The first-order chi connectivity index (χ1) is 13.5. The number of amides is 1. The summed E-state index contributed by atoms with van der Waals surface area (Å²) < 4.78 is 4.69. The highest BCUT2D eigenvalue weighted by atomic mass is 16.5. The third-order valence-electron chi connectivity index (χ3n) is 4.22. The Bertz CT molecular complexity index is 1030. The molecule has 7 heteroatoms. The van der Waals surface area contributed by atoms with Crippen LogP contribution in [-0.4, -0.2) is 29.0 Å². The van der Waals surface area contributed by atoms with Crippen LogP contribution < -0.4 is 10.6 Å². The Morgan fingerprint density at radius 1 is 0.929 bits per heavy atom. The van der Waals surface area contributed by atoms with Gasteiger partial charge in [-0.25, -0.2) is 14.8 Å². The van der Waals surface area contributed by atoms with E-state index >= 15 is 0 Å². The van der Waals surface area contributed by atoms with Crippen LogP contribution in [0.15, 0.2) is 54.9 Å². The third kappa shape index (κ3) is 4.50. The van der Waals surface area contributed by atoms with Crippen LogP contribution in [0.3, 0.4) is 0 Å². The number of nitrogens with zero attached hydrogens (tertiary/aromatic N) is 2. The second-order valence-corrected chi connectivity index (χ2v) is 6.24. The van der Waals surface area contributed by atoms with Gasteiger partial charge in [-0.3, -0.25) is 4.79 Å². The van der Waals surface area contributed by atoms with E-state index in [9.17, 15) is 9.59 Å². The monoisotopic (exact) mass is 376 g/mol. The average molecular weight is 376 g/mol. The number of carbonyl (C=O) groups excluding carboxylic acids is 2. The molecule has 0 saturated heterocycles. The van der Waals surface area contributed by atoms with Crippen molar-refractivity contribution in [2.75, 3.05) is 17.7 Å². The zero-order chi connectivity index (χ0) is 20.1. The second kappa shape index (κ2) is 8.30. The first-order valence-electron chi connectivity index (χ1n) is 8.62. The van der Waals surface area contributed by atoms with Crippen LogP contribution in [-0.2, 0) is 4.74 Å². The molecule has 0 unspecified atom stereocenters.